The van der Waals surface area contributed by atoms with Crippen molar-refractivity contribution in [2.24, 2.45) is 0 Å². The zero-order valence-electron chi connectivity index (χ0n) is 42.4. The molecule has 0 aliphatic heterocycles. The summed E-state index contributed by atoms with van der Waals surface area (Å²) in [4.78, 5) is 0. The van der Waals surface area contributed by atoms with Crippen molar-refractivity contribution in [3.8, 4) is 33.4 Å². The van der Waals surface area contributed by atoms with Crippen molar-refractivity contribution in [1.82, 2.24) is 0 Å². The van der Waals surface area contributed by atoms with E-state index in [0.29, 0.717) is 0 Å². The molecule has 358 valence electrons. The lowest BCUT2D eigenvalue weighted by atomic mass is 9.68. The molecule has 15 rings (SSSR count). The van der Waals surface area contributed by atoms with E-state index in [2.05, 4.69) is 291 Å². The summed E-state index contributed by atoms with van der Waals surface area (Å²) in [5, 5.41) is 15.3. The topological polar surface area (TPSA) is 24.1 Å². The minimum Gasteiger partial charge on any atom is -0.355 e. The fourth-order valence-corrected chi connectivity index (χ4v) is 13.8. The predicted molar refractivity (Wildman–Crippen MR) is 319 cm³/mol. The molecule has 0 unspecified atom stereocenters. The normalized spacial score (nSPS) is 13.6. The van der Waals surface area contributed by atoms with Gasteiger partial charge in [-0.25, -0.2) is 0 Å². The molecule has 13 aromatic rings. The van der Waals surface area contributed by atoms with E-state index in [1.165, 1.54) is 121 Å². The van der Waals surface area contributed by atoms with Crippen LogP contribution in [0, 0.1) is 13.8 Å². The Bertz CT molecular complexity index is 4290. The highest BCUT2D eigenvalue weighted by atomic mass is 14.9. The van der Waals surface area contributed by atoms with Crippen LogP contribution in [0.3, 0.4) is 0 Å². The molecule has 0 fully saturated rings. The molecule has 0 aromatic heterocycles. The second kappa shape index (κ2) is 17.0. The summed E-state index contributed by atoms with van der Waals surface area (Å²) in [5.41, 5.74) is 23.7. The predicted octanol–water partition coefficient (Wildman–Crippen LogP) is 19.1. The van der Waals surface area contributed by atoms with Crippen molar-refractivity contribution >= 4 is 55.1 Å². The minimum absolute atomic E-state index is 0.442. The molecule has 13 aromatic carbocycles. The Hall–Kier alpha value is -9.50. The van der Waals surface area contributed by atoms with Crippen LogP contribution in [-0.2, 0) is 10.8 Å². The summed E-state index contributed by atoms with van der Waals surface area (Å²) in [5.74, 6) is 0. The molecule has 2 heteroatoms. The van der Waals surface area contributed by atoms with Crippen LogP contribution in [0.2, 0.25) is 0 Å². The van der Waals surface area contributed by atoms with E-state index in [4.69, 9.17) is 0 Å². The number of hydrogen-bond donors (Lipinski definition) is 2. The van der Waals surface area contributed by atoms with Crippen LogP contribution in [0.4, 0.5) is 22.7 Å². The molecular weight excluding hydrogens is 917 g/mol. The molecule has 0 atom stereocenters. The van der Waals surface area contributed by atoms with E-state index in [1.54, 1.807) is 0 Å². The first-order valence-electron chi connectivity index (χ1n) is 26.6. The van der Waals surface area contributed by atoms with Gasteiger partial charge in [-0.05, 0) is 144 Å². The number of benzene rings is 13. The molecule has 76 heavy (non-hydrogen) atoms. The van der Waals surface area contributed by atoms with Crippen molar-refractivity contribution in [1.29, 1.82) is 0 Å². The van der Waals surface area contributed by atoms with Gasteiger partial charge in [-0.3, -0.25) is 0 Å². The van der Waals surface area contributed by atoms with Gasteiger partial charge in [-0.2, -0.15) is 0 Å². The minimum atomic E-state index is -0.462. The Balaban J connectivity index is 0.845. The molecule has 2 aliphatic rings. The zero-order chi connectivity index (χ0) is 50.5. The highest BCUT2D eigenvalue weighted by Crippen LogP contribution is 2.58. The van der Waals surface area contributed by atoms with Crippen LogP contribution in [0.25, 0.3) is 65.7 Å². The van der Waals surface area contributed by atoms with Crippen LogP contribution in [0.1, 0.15) is 55.6 Å². The maximum absolute atomic E-state index is 4.07. The Labute approximate surface area is 444 Å². The lowest BCUT2D eigenvalue weighted by molar-refractivity contribution is 0.768. The van der Waals surface area contributed by atoms with Crippen molar-refractivity contribution < 1.29 is 0 Å². The number of rotatable bonds is 9. The summed E-state index contributed by atoms with van der Waals surface area (Å²) in [6.45, 7) is 4.40. The quantitative estimate of drug-likeness (QED) is 0.141. The number of fused-ring (bicyclic) bond motifs is 6. The fourth-order valence-electron chi connectivity index (χ4n) is 13.8. The summed E-state index contributed by atoms with van der Waals surface area (Å²) in [6.07, 6.45) is 0. The van der Waals surface area contributed by atoms with Gasteiger partial charge >= 0.3 is 0 Å². The first-order chi connectivity index (χ1) is 37.5. The second-order valence-corrected chi connectivity index (χ2v) is 21.0. The van der Waals surface area contributed by atoms with Gasteiger partial charge < -0.3 is 10.6 Å². The second-order valence-electron chi connectivity index (χ2n) is 21.0. The summed E-state index contributed by atoms with van der Waals surface area (Å²) in [7, 11) is 0. The number of anilines is 4. The van der Waals surface area contributed by atoms with Crippen molar-refractivity contribution in [3.05, 3.63) is 323 Å². The molecule has 2 nitrogen and oxygen atoms in total. The maximum Gasteiger partial charge on any atom is 0.0713 e. The van der Waals surface area contributed by atoms with E-state index >= 15 is 0 Å². The molecule has 0 bridgehead atoms. The lowest BCUT2D eigenvalue weighted by Gasteiger charge is -2.34. The third kappa shape index (κ3) is 6.41. The molecule has 0 heterocycles. The Kier molecular flexibility index (Phi) is 9.86. The van der Waals surface area contributed by atoms with E-state index in [1.807, 2.05) is 0 Å². The fraction of sp³-hybridized carbons (Fsp3) is 0.0541. The molecule has 0 saturated heterocycles. The lowest BCUT2D eigenvalue weighted by Crippen LogP contribution is -2.28. The third-order valence-electron chi connectivity index (χ3n) is 16.8. The molecule has 0 spiro atoms. The van der Waals surface area contributed by atoms with Crippen LogP contribution >= 0.6 is 0 Å². The first kappa shape index (κ1) is 44.0. The average molecular weight is 969 g/mol. The van der Waals surface area contributed by atoms with Gasteiger partial charge in [0.15, 0.2) is 0 Å². The van der Waals surface area contributed by atoms with Gasteiger partial charge in [0.25, 0.3) is 0 Å². The van der Waals surface area contributed by atoms with E-state index in [0.717, 1.165) is 22.7 Å². The third-order valence-corrected chi connectivity index (χ3v) is 16.8. The van der Waals surface area contributed by atoms with Crippen LogP contribution in [-0.4, -0.2) is 0 Å². The first-order valence-corrected chi connectivity index (χ1v) is 26.6. The standard InChI is InChI=1S/C74H52N2/c1-47-43-48(2)45-51(44-47)64-46-50-30-40-62-69(75-56-36-32-54(33-37-56)73(52-17-5-3-6-18-52)65-25-13-9-21-58(65)59-22-10-14-26-66(59)73)42-31-49-29-41-63(71(50)70(49)62)72(64)76-57-38-34-55(35-39-57)74(53-19-7-4-8-20-53)67-27-15-11-23-60(67)61-24-12-16-28-68(61)74/h3-46,75-76H,1-2H3. The highest BCUT2D eigenvalue weighted by molar-refractivity contribution is 6.29. The van der Waals surface area contributed by atoms with Crippen LogP contribution < -0.4 is 10.6 Å². The summed E-state index contributed by atoms with van der Waals surface area (Å²) >= 11 is 0. The largest absolute Gasteiger partial charge is 0.355 e. The van der Waals surface area contributed by atoms with Crippen LogP contribution in [0.5, 0.6) is 0 Å². The molecule has 2 N–H and O–H groups in total. The molecular formula is C74H52N2. The maximum atomic E-state index is 4.07. The van der Waals surface area contributed by atoms with Gasteiger partial charge in [0.2, 0.25) is 0 Å². The zero-order valence-corrected chi connectivity index (χ0v) is 42.4. The number of nitrogens with one attached hydrogen (secondary N) is 2. The van der Waals surface area contributed by atoms with Crippen LogP contribution in [0.15, 0.2) is 267 Å². The Morgan fingerprint density at radius 3 is 1.18 bits per heavy atom. The molecule has 0 amide bonds. The number of hydrogen-bond acceptors (Lipinski definition) is 2. The van der Waals surface area contributed by atoms with Gasteiger partial charge in [-0.1, -0.05) is 242 Å². The van der Waals surface area contributed by atoms with Gasteiger partial charge in [0.1, 0.15) is 0 Å². The molecule has 2 aliphatic carbocycles. The van der Waals surface area contributed by atoms with E-state index in [9.17, 15) is 0 Å². The Morgan fingerprint density at radius 1 is 0.289 bits per heavy atom. The summed E-state index contributed by atoms with van der Waals surface area (Å²) in [6, 6.07) is 99.4. The average Bonchev–Trinajstić information content (AvgIpc) is 3.99. The van der Waals surface area contributed by atoms with Crippen molar-refractivity contribution in [3.63, 3.8) is 0 Å². The smallest absolute Gasteiger partial charge is 0.0713 e. The SMILES string of the molecule is Cc1cc(C)cc(-c2cc3ccc4c(Nc5ccc(C6(c7ccccc7)c7ccccc7-c7ccccc76)cc5)ccc5ccc(c2Nc2ccc(C6(c7ccccc7)c7ccccc7-c7ccccc76)cc2)c3c54)c1. The van der Waals surface area contributed by atoms with Gasteiger partial charge in [0, 0.05) is 33.4 Å². The summed E-state index contributed by atoms with van der Waals surface area (Å²) < 4.78 is 0. The van der Waals surface area contributed by atoms with E-state index in [-0.39, 0.29) is 0 Å². The van der Waals surface area contributed by atoms with Gasteiger partial charge in [-0.15, -0.1) is 0 Å². The van der Waals surface area contributed by atoms with E-state index < -0.39 is 10.8 Å². The van der Waals surface area contributed by atoms with Gasteiger partial charge in [0.05, 0.1) is 16.5 Å². The molecule has 0 saturated carbocycles. The molecule has 0 radical (unpaired) electrons. The van der Waals surface area contributed by atoms with Crippen molar-refractivity contribution in [2.75, 3.05) is 10.6 Å². The number of aryl methyl sites for hydroxylation is 2. The highest BCUT2D eigenvalue weighted by Gasteiger charge is 2.47. The van der Waals surface area contributed by atoms with Crippen molar-refractivity contribution in [2.45, 2.75) is 24.7 Å². The Morgan fingerprint density at radius 2 is 0.684 bits per heavy atom. The monoisotopic (exact) mass is 968 g/mol.